The average molecular weight is 380 g/mol. The Morgan fingerprint density at radius 1 is 0.964 bits per heavy atom. The molecule has 3 rings (SSSR count). The zero-order valence-corrected chi connectivity index (χ0v) is 16.5. The second kappa shape index (κ2) is 8.61. The van der Waals surface area contributed by atoms with E-state index < -0.39 is 0 Å². The number of amidine groups is 1. The lowest BCUT2D eigenvalue weighted by molar-refractivity contribution is -0.115. The van der Waals surface area contributed by atoms with Crippen LogP contribution in [-0.4, -0.2) is 33.1 Å². The number of aliphatic imine (C=N–C) groups is 1. The Kier molecular flexibility index (Phi) is 5.99. The zero-order chi connectivity index (χ0) is 20.1. The standard InChI is InChI=1S/C22H24N2O4/c1-5-16-10-14(6-8-18(16)26-2)11-17-22(25)24-21(23-17)13-15-7-9-19(27-3)20(12-15)28-4/h6-12H,5,13H2,1-4H3,(H,23,24,25)/b17-11+. The van der Waals surface area contributed by atoms with Crippen LogP contribution in [0.3, 0.4) is 0 Å². The van der Waals surface area contributed by atoms with Crippen LogP contribution in [0.25, 0.3) is 6.08 Å². The Balaban J connectivity index is 1.82. The van der Waals surface area contributed by atoms with E-state index in [4.69, 9.17) is 14.2 Å². The normalized spacial score (nSPS) is 14.6. The van der Waals surface area contributed by atoms with Gasteiger partial charge in [-0.05, 0) is 53.5 Å². The maximum atomic E-state index is 12.3. The molecule has 0 aliphatic carbocycles. The molecular weight excluding hydrogens is 356 g/mol. The Morgan fingerprint density at radius 3 is 2.36 bits per heavy atom. The van der Waals surface area contributed by atoms with E-state index >= 15 is 0 Å². The maximum absolute atomic E-state index is 12.3. The highest BCUT2D eigenvalue weighted by atomic mass is 16.5. The summed E-state index contributed by atoms with van der Waals surface area (Å²) in [6.45, 7) is 2.07. The Bertz CT molecular complexity index is 948. The minimum Gasteiger partial charge on any atom is -0.496 e. The first-order valence-corrected chi connectivity index (χ1v) is 9.06. The molecule has 1 amide bonds. The number of carbonyl (C=O) groups is 1. The van der Waals surface area contributed by atoms with E-state index in [0.717, 1.165) is 28.9 Å². The van der Waals surface area contributed by atoms with Crippen LogP contribution in [0.15, 0.2) is 47.1 Å². The van der Waals surface area contributed by atoms with Gasteiger partial charge in [-0.25, -0.2) is 4.99 Å². The minimum atomic E-state index is -0.204. The van der Waals surface area contributed by atoms with Crippen molar-refractivity contribution in [1.82, 2.24) is 5.32 Å². The second-order valence-corrected chi connectivity index (χ2v) is 6.33. The first kappa shape index (κ1) is 19.5. The van der Waals surface area contributed by atoms with Gasteiger partial charge in [0.2, 0.25) is 0 Å². The highest BCUT2D eigenvalue weighted by Crippen LogP contribution is 2.28. The average Bonchev–Trinajstić information content (AvgIpc) is 3.06. The number of amides is 1. The molecule has 2 aromatic rings. The zero-order valence-electron chi connectivity index (χ0n) is 16.5. The number of carbonyl (C=O) groups excluding carboxylic acids is 1. The molecule has 0 atom stereocenters. The van der Waals surface area contributed by atoms with Crippen LogP contribution < -0.4 is 19.5 Å². The summed E-state index contributed by atoms with van der Waals surface area (Å²) in [5.74, 6) is 2.55. The van der Waals surface area contributed by atoms with Gasteiger partial charge in [0.25, 0.3) is 5.91 Å². The first-order valence-electron chi connectivity index (χ1n) is 9.06. The predicted molar refractivity (Wildman–Crippen MR) is 109 cm³/mol. The Hall–Kier alpha value is -3.28. The third kappa shape index (κ3) is 4.17. The highest BCUT2D eigenvalue weighted by molar-refractivity contribution is 6.14. The number of nitrogens with zero attached hydrogens (tertiary/aromatic N) is 1. The summed E-state index contributed by atoms with van der Waals surface area (Å²) in [5.41, 5.74) is 3.36. The van der Waals surface area contributed by atoms with Crippen LogP contribution in [-0.2, 0) is 17.6 Å². The van der Waals surface area contributed by atoms with Crippen LogP contribution in [0.5, 0.6) is 17.2 Å². The lowest BCUT2D eigenvalue weighted by Gasteiger charge is -2.09. The van der Waals surface area contributed by atoms with Crippen LogP contribution in [0.4, 0.5) is 0 Å². The number of rotatable bonds is 7. The van der Waals surface area contributed by atoms with Crippen LogP contribution in [0, 0.1) is 0 Å². The van der Waals surface area contributed by atoms with E-state index in [1.807, 2.05) is 36.4 Å². The number of aryl methyl sites for hydroxylation is 1. The topological polar surface area (TPSA) is 69.2 Å². The van der Waals surface area contributed by atoms with Crippen molar-refractivity contribution < 1.29 is 19.0 Å². The van der Waals surface area contributed by atoms with Gasteiger partial charge in [-0.3, -0.25) is 4.79 Å². The van der Waals surface area contributed by atoms with Crippen molar-refractivity contribution in [2.45, 2.75) is 19.8 Å². The molecule has 1 heterocycles. The second-order valence-electron chi connectivity index (χ2n) is 6.33. The van der Waals surface area contributed by atoms with Crippen molar-refractivity contribution in [3.63, 3.8) is 0 Å². The molecule has 0 unspecified atom stereocenters. The van der Waals surface area contributed by atoms with Crippen LogP contribution >= 0.6 is 0 Å². The third-order valence-corrected chi connectivity index (χ3v) is 4.55. The van der Waals surface area contributed by atoms with Crippen molar-refractivity contribution in [2.24, 2.45) is 4.99 Å². The lowest BCUT2D eigenvalue weighted by Crippen LogP contribution is -2.25. The molecular formula is C22H24N2O4. The van der Waals surface area contributed by atoms with Gasteiger partial charge in [-0.2, -0.15) is 0 Å². The summed E-state index contributed by atoms with van der Waals surface area (Å²) in [5, 5.41) is 2.84. The number of hydrogen-bond acceptors (Lipinski definition) is 5. The molecule has 0 radical (unpaired) electrons. The quantitative estimate of drug-likeness (QED) is 0.748. The third-order valence-electron chi connectivity index (χ3n) is 4.55. The van der Waals surface area contributed by atoms with E-state index in [9.17, 15) is 4.79 Å². The largest absolute Gasteiger partial charge is 0.496 e. The summed E-state index contributed by atoms with van der Waals surface area (Å²) in [6, 6.07) is 11.5. The first-order chi connectivity index (χ1) is 13.6. The van der Waals surface area contributed by atoms with Gasteiger partial charge in [-0.1, -0.05) is 19.1 Å². The number of ether oxygens (including phenoxy) is 3. The van der Waals surface area contributed by atoms with E-state index in [-0.39, 0.29) is 5.91 Å². The number of nitrogens with one attached hydrogen (secondary N) is 1. The lowest BCUT2D eigenvalue weighted by atomic mass is 10.1. The molecule has 1 N–H and O–H groups in total. The van der Waals surface area contributed by atoms with Crippen molar-refractivity contribution in [3.05, 3.63) is 58.8 Å². The molecule has 2 aromatic carbocycles. The van der Waals surface area contributed by atoms with Gasteiger partial charge >= 0.3 is 0 Å². The number of methoxy groups -OCH3 is 3. The monoisotopic (exact) mass is 380 g/mol. The predicted octanol–water partition coefficient (Wildman–Crippen LogP) is 3.39. The number of benzene rings is 2. The molecule has 0 fully saturated rings. The molecule has 1 aliphatic rings. The summed E-state index contributed by atoms with van der Waals surface area (Å²) in [4.78, 5) is 16.8. The molecule has 1 aliphatic heterocycles. The van der Waals surface area contributed by atoms with E-state index in [1.54, 1.807) is 27.4 Å². The van der Waals surface area contributed by atoms with Crippen molar-refractivity contribution in [1.29, 1.82) is 0 Å². The van der Waals surface area contributed by atoms with E-state index in [2.05, 4.69) is 17.2 Å². The number of hydrogen-bond donors (Lipinski definition) is 1. The fourth-order valence-electron chi connectivity index (χ4n) is 3.11. The fraction of sp³-hybridized carbons (Fsp3) is 0.273. The van der Waals surface area contributed by atoms with Gasteiger partial charge in [0.1, 0.15) is 17.3 Å². The van der Waals surface area contributed by atoms with Crippen molar-refractivity contribution >= 4 is 17.8 Å². The molecule has 6 heteroatoms. The molecule has 6 nitrogen and oxygen atoms in total. The van der Waals surface area contributed by atoms with Gasteiger partial charge in [0, 0.05) is 6.42 Å². The smallest absolute Gasteiger partial charge is 0.275 e. The summed E-state index contributed by atoms with van der Waals surface area (Å²) in [7, 11) is 4.84. The van der Waals surface area contributed by atoms with Crippen LogP contribution in [0.2, 0.25) is 0 Å². The van der Waals surface area contributed by atoms with Gasteiger partial charge in [-0.15, -0.1) is 0 Å². The molecule has 0 saturated carbocycles. The molecule has 0 bridgehead atoms. The molecule has 0 aromatic heterocycles. The van der Waals surface area contributed by atoms with Crippen molar-refractivity contribution in [3.8, 4) is 17.2 Å². The summed E-state index contributed by atoms with van der Waals surface area (Å²) in [6.07, 6.45) is 3.13. The maximum Gasteiger partial charge on any atom is 0.275 e. The van der Waals surface area contributed by atoms with Gasteiger partial charge < -0.3 is 19.5 Å². The summed E-state index contributed by atoms with van der Waals surface area (Å²) < 4.78 is 15.9. The minimum absolute atomic E-state index is 0.204. The summed E-state index contributed by atoms with van der Waals surface area (Å²) >= 11 is 0. The van der Waals surface area contributed by atoms with Crippen LogP contribution in [0.1, 0.15) is 23.6 Å². The van der Waals surface area contributed by atoms with Gasteiger partial charge in [0.15, 0.2) is 11.5 Å². The SMILES string of the molecule is CCc1cc(/C=C2/N=C(Cc3ccc(OC)c(OC)c3)NC2=O)ccc1OC. The molecule has 28 heavy (non-hydrogen) atoms. The highest BCUT2D eigenvalue weighted by Gasteiger charge is 2.20. The van der Waals surface area contributed by atoms with Gasteiger partial charge in [0.05, 0.1) is 21.3 Å². The Labute approximate surface area is 164 Å². The van der Waals surface area contributed by atoms with E-state index in [1.165, 1.54) is 0 Å². The van der Waals surface area contributed by atoms with E-state index in [0.29, 0.717) is 29.5 Å². The fourth-order valence-corrected chi connectivity index (χ4v) is 3.11. The molecule has 0 saturated heterocycles. The van der Waals surface area contributed by atoms with Crippen molar-refractivity contribution in [2.75, 3.05) is 21.3 Å². The molecule has 0 spiro atoms. The molecule has 146 valence electrons. The Morgan fingerprint density at radius 2 is 1.68 bits per heavy atom.